The second-order valence-electron chi connectivity index (χ2n) is 3.11. The number of hydrogen-bond acceptors (Lipinski definition) is 4. The molecule has 1 unspecified atom stereocenters. The van der Waals surface area contributed by atoms with Crippen LogP contribution in [0.25, 0.3) is 10.4 Å². The molecule has 7 nitrogen and oxygen atoms in total. The number of azide groups is 1. The molecular weight excluding hydrogens is 200 g/mol. The Hall–Kier alpha value is -1.75. The predicted molar refractivity (Wildman–Crippen MR) is 50.9 cm³/mol. The van der Waals surface area contributed by atoms with Crippen molar-refractivity contribution in [3.8, 4) is 0 Å². The van der Waals surface area contributed by atoms with Crippen LogP contribution in [0.3, 0.4) is 0 Å². The molecule has 0 aromatic heterocycles. The van der Waals surface area contributed by atoms with E-state index in [1.165, 1.54) is 0 Å². The second kappa shape index (κ2) is 5.21. The van der Waals surface area contributed by atoms with Gasteiger partial charge in [-0.05, 0) is 12.0 Å². The topological polar surface area (TPSA) is 95.4 Å². The predicted octanol–water partition coefficient (Wildman–Crippen LogP) is 1.44. The van der Waals surface area contributed by atoms with Crippen molar-refractivity contribution < 1.29 is 14.3 Å². The highest BCUT2D eigenvalue weighted by atomic mass is 16.6. The molecule has 82 valence electrons. The SMILES string of the molecule is CCCC(N=[N+]=[N-])C(=O)N1CCOC1=O. The molecule has 1 rings (SSSR count). The zero-order valence-corrected chi connectivity index (χ0v) is 8.42. The van der Waals surface area contributed by atoms with Crippen molar-refractivity contribution in [3.63, 3.8) is 0 Å². The fourth-order valence-electron chi connectivity index (χ4n) is 1.34. The first-order valence-electron chi connectivity index (χ1n) is 4.73. The van der Waals surface area contributed by atoms with E-state index in [0.717, 1.165) is 4.90 Å². The van der Waals surface area contributed by atoms with Gasteiger partial charge in [0.15, 0.2) is 0 Å². The van der Waals surface area contributed by atoms with Gasteiger partial charge in [-0.2, -0.15) is 0 Å². The maximum absolute atomic E-state index is 11.7. The summed E-state index contributed by atoms with van der Waals surface area (Å²) in [6, 6.07) is -0.800. The van der Waals surface area contributed by atoms with E-state index in [-0.39, 0.29) is 13.2 Å². The van der Waals surface area contributed by atoms with Crippen molar-refractivity contribution >= 4 is 12.0 Å². The van der Waals surface area contributed by atoms with E-state index in [0.29, 0.717) is 12.8 Å². The number of ether oxygens (including phenoxy) is 1. The molecule has 1 saturated heterocycles. The largest absolute Gasteiger partial charge is 0.447 e. The lowest BCUT2D eigenvalue weighted by Gasteiger charge is -2.15. The van der Waals surface area contributed by atoms with Crippen molar-refractivity contribution in [2.45, 2.75) is 25.8 Å². The molecule has 0 radical (unpaired) electrons. The number of nitrogens with zero attached hydrogens (tertiary/aromatic N) is 4. The molecule has 0 saturated carbocycles. The van der Waals surface area contributed by atoms with Crippen LogP contribution in [0.4, 0.5) is 4.79 Å². The average Bonchev–Trinajstić information content (AvgIpc) is 2.63. The fourth-order valence-corrected chi connectivity index (χ4v) is 1.34. The lowest BCUT2D eigenvalue weighted by Crippen LogP contribution is -2.38. The summed E-state index contributed by atoms with van der Waals surface area (Å²) < 4.78 is 4.62. The van der Waals surface area contributed by atoms with Gasteiger partial charge in [0.2, 0.25) is 5.91 Å². The normalized spacial score (nSPS) is 16.9. The van der Waals surface area contributed by atoms with Gasteiger partial charge in [-0.25, -0.2) is 9.69 Å². The number of rotatable bonds is 4. The molecule has 2 amide bonds. The maximum Gasteiger partial charge on any atom is 0.416 e. The highest BCUT2D eigenvalue weighted by molar-refractivity contribution is 5.95. The molecule has 7 heteroatoms. The van der Waals surface area contributed by atoms with Gasteiger partial charge in [0, 0.05) is 4.91 Å². The van der Waals surface area contributed by atoms with Crippen LogP contribution in [0.5, 0.6) is 0 Å². The summed E-state index contributed by atoms with van der Waals surface area (Å²) >= 11 is 0. The number of cyclic esters (lactones) is 1. The summed E-state index contributed by atoms with van der Waals surface area (Å²) in [4.78, 5) is 26.4. The third kappa shape index (κ3) is 2.60. The van der Waals surface area contributed by atoms with Gasteiger partial charge >= 0.3 is 6.09 Å². The van der Waals surface area contributed by atoms with E-state index >= 15 is 0 Å². The highest BCUT2D eigenvalue weighted by Gasteiger charge is 2.32. The summed E-state index contributed by atoms with van der Waals surface area (Å²) in [7, 11) is 0. The van der Waals surface area contributed by atoms with Gasteiger partial charge in [0.25, 0.3) is 0 Å². The zero-order chi connectivity index (χ0) is 11.3. The Morgan fingerprint density at radius 3 is 3.00 bits per heavy atom. The minimum Gasteiger partial charge on any atom is -0.447 e. The molecular formula is C8H12N4O3. The Balaban J connectivity index is 2.70. The molecule has 1 fully saturated rings. The minimum absolute atomic E-state index is 0.208. The standard InChI is InChI=1S/C8H12N4O3/c1-2-3-6(10-11-9)7(13)12-4-5-15-8(12)14/h6H,2-5H2,1H3. The van der Waals surface area contributed by atoms with Crippen molar-refractivity contribution in [1.29, 1.82) is 0 Å². The Morgan fingerprint density at radius 2 is 2.53 bits per heavy atom. The van der Waals surface area contributed by atoms with Gasteiger partial charge < -0.3 is 4.74 Å². The van der Waals surface area contributed by atoms with Crippen LogP contribution < -0.4 is 0 Å². The van der Waals surface area contributed by atoms with Gasteiger partial charge in [0.05, 0.1) is 6.54 Å². The molecule has 1 aliphatic heterocycles. The van der Waals surface area contributed by atoms with E-state index in [9.17, 15) is 9.59 Å². The van der Waals surface area contributed by atoms with Crippen molar-refractivity contribution in [1.82, 2.24) is 4.90 Å². The van der Waals surface area contributed by atoms with Crippen LogP contribution in [0.15, 0.2) is 5.11 Å². The number of carbonyl (C=O) groups is 2. The van der Waals surface area contributed by atoms with Crippen LogP contribution >= 0.6 is 0 Å². The van der Waals surface area contributed by atoms with Gasteiger partial charge in [0.1, 0.15) is 12.6 Å². The fraction of sp³-hybridized carbons (Fsp3) is 0.750. The third-order valence-corrected chi connectivity index (χ3v) is 2.07. The van der Waals surface area contributed by atoms with Crippen LogP contribution in [0, 0.1) is 0 Å². The maximum atomic E-state index is 11.7. The monoisotopic (exact) mass is 212 g/mol. The first-order valence-corrected chi connectivity index (χ1v) is 4.73. The summed E-state index contributed by atoms with van der Waals surface area (Å²) in [5.41, 5.74) is 8.29. The molecule has 15 heavy (non-hydrogen) atoms. The summed E-state index contributed by atoms with van der Waals surface area (Å²) in [5.74, 6) is -0.475. The molecule has 0 spiro atoms. The van der Waals surface area contributed by atoms with E-state index < -0.39 is 18.0 Å². The minimum atomic E-state index is -0.800. The zero-order valence-electron chi connectivity index (χ0n) is 8.42. The van der Waals surface area contributed by atoms with E-state index in [4.69, 9.17) is 5.53 Å². The molecule has 1 atom stereocenters. The summed E-state index contributed by atoms with van der Waals surface area (Å²) in [6.07, 6.45) is 0.486. The molecule has 0 aliphatic carbocycles. The number of hydrogen-bond donors (Lipinski definition) is 0. The number of amides is 2. The lowest BCUT2D eigenvalue weighted by atomic mass is 10.1. The Labute approximate surface area is 86.6 Å². The smallest absolute Gasteiger partial charge is 0.416 e. The Morgan fingerprint density at radius 1 is 1.80 bits per heavy atom. The van der Waals surface area contributed by atoms with Gasteiger partial charge in [-0.15, -0.1) is 0 Å². The summed E-state index contributed by atoms with van der Waals surface area (Å²) in [6.45, 7) is 2.31. The first-order chi connectivity index (χ1) is 7.20. The molecule has 0 bridgehead atoms. The number of carbonyl (C=O) groups excluding carboxylic acids is 2. The van der Waals surface area contributed by atoms with Gasteiger partial charge in [-0.3, -0.25) is 4.79 Å². The highest BCUT2D eigenvalue weighted by Crippen LogP contribution is 2.11. The average molecular weight is 212 g/mol. The van der Waals surface area contributed by atoms with E-state index in [1.807, 2.05) is 6.92 Å². The van der Waals surface area contributed by atoms with Crippen LogP contribution in [0.2, 0.25) is 0 Å². The molecule has 0 aromatic rings. The molecule has 1 heterocycles. The van der Waals surface area contributed by atoms with Gasteiger partial charge in [-0.1, -0.05) is 18.5 Å². The van der Waals surface area contributed by atoms with Crippen molar-refractivity contribution in [2.24, 2.45) is 5.11 Å². The Bertz CT molecular complexity index is 311. The number of imide groups is 1. The molecule has 0 aromatic carbocycles. The van der Waals surface area contributed by atoms with Crippen molar-refractivity contribution in [2.75, 3.05) is 13.2 Å². The lowest BCUT2D eigenvalue weighted by molar-refractivity contribution is -0.129. The Kier molecular flexibility index (Phi) is 3.93. The van der Waals surface area contributed by atoms with Crippen LogP contribution in [0.1, 0.15) is 19.8 Å². The summed E-state index contributed by atoms with van der Waals surface area (Å²) in [5, 5.41) is 3.37. The van der Waals surface area contributed by atoms with Crippen molar-refractivity contribution in [3.05, 3.63) is 10.4 Å². The molecule has 0 N–H and O–H groups in total. The van der Waals surface area contributed by atoms with Crippen LogP contribution in [-0.4, -0.2) is 36.1 Å². The third-order valence-electron chi connectivity index (χ3n) is 2.07. The molecule has 1 aliphatic rings. The first kappa shape index (κ1) is 11.3. The quantitative estimate of drug-likeness (QED) is 0.400. The second-order valence-corrected chi connectivity index (χ2v) is 3.11. The van der Waals surface area contributed by atoms with E-state index in [1.54, 1.807) is 0 Å². The van der Waals surface area contributed by atoms with Crippen LogP contribution in [-0.2, 0) is 9.53 Å². The van der Waals surface area contributed by atoms with E-state index in [2.05, 4.69) is 14.8 Å².